The first kappa shape index (κ1) is 20.4. The zero-order valence-electron chi connectivity index (χ0n) is 14.6. The molecular formula is C17H28N2O4S. The lowest BCUT2D eigenvalue weighted by Crippen LogP contribution is -2.25. The molecule has 0 fully saturated rings. The summed E-state index contributed by atoms with van der Waals surface area (Å²) >= 11 is 0. The topological polar surface area (TPSA) is 95.5 Å². The Hall–Kier alpha value is -1.60. The summed E-state index contributed by atoms with van der Waals surface area (Å²) in [6.45, 7) is 6.41. The van der Waals surface area contributed by atoms with Gasteiger partial charge in [0.05, 0.1) is 10.5 Å². The van der Waals surface area contributed by atoms with Crippen molar-refractivity contribution in [1.82, 2.24) is 4.72 Å². The van der Waals surface area contributed by atoms with Crippen molar-refractivity contribution < 1.29 is 18.3 Å². The Morgan fingerprint density at radius 2 is 1.92 bits per heavy atom. The maximum atomic E-state index is 12.3. The van der Waals surface area contributed by atoms with Crippen LogP contribution in [0, 0.1) is 0 Å². The number of rotatable bonds is 11. The SMILES string of the molecule is CCCCCNS(=O)(=O)c1ccc(N[C@H](C)CCC)c(C(=O)O)c1. The number of carboxylic acid groups (broad SMARTS) is 1. The molecule has 0 unspecified atom stereocenters. The highest BCUT2D eigenvalue weighted by atomic mass is 32.2. The van der Waals surface area contributed by atoms with E-state index < -0.39 is 16.0 Å². The van der Waals surface area contributed by atoms with Crippen LogP contribution in [-0.4, -0.2) is 32.1 Å². The van der Waals surface area contributed by atoms with Crippen LogP contribution in [0.15, 0.2) is 23.1 Å². The number of carbonyl (C=O) groups is 1. The monoisotopic (exact) mass is 356 g/mol. The molecule has 0 bridgehead atoms. The minimum atomic E-state index is -3.69. The van der Waals surface area contributed by atoms with Crippen LogP contribution in [0.25, 0.3) is 0 Å². The van der Waals surface area contributed by atoms with Gasteiger partial charge >= 0.3 is 5.97 Å². The van der Waals surface area contributed by atoms with Crippen LogP contribution >= 0.6 is 0 Å². The molecule has 0 saturated heterocycles. The summed E-state index contributed by atoms with van der Waals surface area (Å²) in [4.78, 5) is 11.5. The van der Waals surface area contributed by atoms with Crippen molar-refractivity contribution in [1.29, 1.82) is 0 Å². The molecule has 7 heteroatoms. The Bertz CT molecular complexity index is 644. The number of anilines is 1. The molecule has 0 heterocycles. The summed E-state index contributed by atoms with van der Waals surface area (Å²) < 4.78 is 27.1. The van der Waals surface area contributed by atoms with Gasteiger partial charge in [-0.2, -0.15) is 0 Å². The molecule has 0 saturated carbocycles. The lowest BCUT2D eigenvalue weighted by Gasteiger charge is -2.17. The third-order valence-electron chi connectivity index (χ3n) is 3.73. The molecule has 1 aromatic rings. The van der Waals surface area contributed by atoms with Gasteiger partial charge in [-0.25, -0.2) is 17.9 Å². The highest BCUT2D eigenvalue weighted by Crippen LogP contribution is 2.22. The first-order chi connectivity index (χ1) is 11.3. The van der Waals surface area contributed by atoms with E-state index in [1.807, 2.05) is 13.8 Å². The number of carboxylic acids is 1. The third kappa shape index (κ3) is 6.13. The van der Waals surface area contributed by atoms with Crippen molar-refractivity contribution in [3.63, 3.8) is 0 Å². The molecule has 0 aromatic heterocycles. The Morgan fingerprint density at radius 3 is 2.50 bits per heavy atom. The van der Waals surface area contributed by atoms with Gasteiger partial charge < -0.3 is 10.4 Å². The average molecular weight is 356 g/mol. The van der Waals surface area contributed by atoms with E-state index >= 15 is 0 Å². The summed E-state index contributed by atoms with van der Waals surface area (Å²) in [5.41, 5.74) is 0.405. The van der Waals surface area contributed by atoms with Crippen molar-refractivity contribution in [2.24, 2.45) is 0 Å². The quantitative estimate of drug-likeness (QED) is 0.528. The molecule has 3 N–H and O–H groups in total. The second-order valence-corrected chi connectivity index (χ2v) is 7.72. The number of hydrogen-bond donors (Lipinski definition) is 3. The molecule has 1 atom stereocenters. The highest BCUT2D eigenvalue weighted by molar-refractivity contribution is 7.89. The van der Waals surface area contributed by atoms with E-state index in [1.165, 1.54) is 18.2 Å². The lowest BCUT2D eigenvalue weighted by molar-refractivity contribution is 0.0697. The van der Waals surface area contributed by atoms with Crippen LogP contribution in [0.4, 0.5) is 5.69 Å². The fraction of sp³-hybridized carbons (Fsp3) is 0.588. The number of benzene rings is 1. The van der Waals surface area contributed by atoms with Crippen molar-refractivity contribution in [2.45, 2.75) is 63.8 Å². The maximum absolute atomic E-state index is 12.3. The van der Waals surface area contributed by atoms with Gasteiger partial charge in [0.2, 0.25) is 10.0 Å². The van der Waals surface area contributed by atoms with Gasteiger partial charge in [0, 0.05) is 18.3 Å². The third-order valence-corrected chi connectivity index (χ3v) is 5.19. The summed E-state index contributed by atoms with van der Waals surface area (Å²) in [7, 11) is -3.69. The second-order valence-electron chi connectivity index (χ2n) is 5.95. The number of aromatic carboxylic acids is 1. The Balaban J connectivity index is 2.98. The average Bonchev–Trinajstić information content (AvgIpc) is 2.51. The van der Waals surface area contributed by atoms with E-state index in [0.717, 1.165) is 32.1 Å². The van der Waals surface area contributed by atoms with Crippen LogP contribution in [-0.2, 0) is 10.0 Å². The van der Waals surface area contributed by atoms with Crippen molar-refractivity contribution >= 4 is 21.7 Å². The molecule has 6 nitrogen and oxygen atoms in total. The Kier molecular flexibility index (Phi) is 8.21. The van der Waals surface area contributed by atoms with Gasteiger partial charge in [0.15, 0.2) is 0 Å². The van der Waals surface area contributed by atoms with Crippen LogP contribution in [0.2, 0.25) is 0 Å². The standard InChI is InChI=1S/C17H28N2O4S/c1-4-6-7-11-18-24(22,23)14-9-10-16(15(12-14)17(20)21)19-13(3)8-5-2/h9-10,12-13,18-19H,4-8,11H2,1-3H3,(H,20,21)/t13-/m1/s1. The summed E-state index contributed by atoms with van der Waals surface area (Å²) in [6, 6.07) is 4.29. The fourth-order valence-electron chi connectivity index (χ4n) is 2.43. The van der Waals surface area contributed by atoms with E-state index in [0.29, 0.717) is 12.2 Å². The van der Waals surface area contributed by atoms with Gasteiger partial charge in [0.1, 0.15) is 0 Å². The smallest absolute Gasteiger partial charge is 0.337 e. The molecule has 0 aliphatic rings. The highest BCUT2D eigenvalue weighted by Gasteiger charge is 2.19. The van der Waals surface area contributed by atoms with E-state index in [1.54, 1.807) is 0 Å². The van der Waals surface area contributed by atoms with E-state index in [4.69, 9.17) is 0 Å². The van der Waals surface area contributed by atoms with Crippen LogP contribution in [0.3, 0.4) is 0 Å². The molecule has 0 amide bonds. The van der Waals surface area contributed by atoms with Gasteiger partial charge in [-0.3, -0.25) is 0 Å². The number of unbranched alkanes of at least 4 members (excludes halogenated alkanes) is 2. The van der Waals surface area contributed by atoms with Gasteiger partial charge in [-0.05, 0) is 38.0 Å². The predicted octanol–water partition coefficient (Wildman–Crippen LogP) is 3.45. The predicted molar refractivity (Wildman–Crippen MR) is 96.1 cm³/mol. The van der Waals surface area contributed by atoms with E-state index in [2.05, 4.69) is 17.0 Å². The summed E-state index contributed by atoms with van der Waals surface area (Å²) in [5.74, 6) is -1.15. The molecule has 0 aliphatic carbocycles. The normalized spacial score (nSPS) is 12.8. The van der Waals surface area contributed by atoms with Crippen LogP contribution in [0.5, 0.6) is 0 Å². The zero-order valence-corrected chi connectivity index (χ0v) is 15.4. The zero-order chi connectivity index (χ0) is 18.2. The van der Waals surface area contributed by atoms with Gasteiger partial charge in [0.25, 0.3) is 0 Å². The van der Waals surface area contributed by atoms with Crippen molar-refractivity contribution in [3.8, 4) is 0 Å². The number of sulfonamides is 1. The van der Waals surface area contributed by atoms with E-state index in [9.17, 15) is 18.3 Å². The molecule has 1 aromatic carbocycles. The van der Waals surface area contributed by atoms with Gasteiger partial charge in [-0.15, -0.1) is 0 Å². The van der Waals surface area contributed by atoms with Gasteiger partial charge in [-0.1, -0.05) is 33.1 Å². The Labute approximate surface area is 144 Å². The summed E-state index contributed by atoms with van der Waals surface area (Å²) in [5, 5.41) is 12.5. The minimum absolute atomic E-state index is 0.0231. The molecule has 136 valence electrons. The number of nitrogens with one attached hydrogen (secondary N) is 2. The Morgan fingerprint density at radius 1 is 1.21 bits per heavy atom. The molecule has 24 heavy (non-hydrogen) atoms. The molecular weight excluding hydrogens is 328 g/mol. The maximum Gasteiger partial charge on any atom is 0.337 e. The van der Waals surface area contributed by atoms with Crippen molar-refractivity contribution in [2.75, 3.05) is 11.9 Å². The van der Waals surface area contributed by atoms with Crippen LogP contribution < -0.4 is 10.0 Å². The first-order valence-corrected chi connectivity index (χ1v) is 9.93. The largest absolute Gasteiger partial charge is 0.478 e. The van der Waals surface area contributed by atoms with Crippen molar-refractivity contribution in [3.05, 3.63) is 23.8 Å². The number of hydrogen-bond acceptors (Lipinski definition) is 4. The minimum Gasteiger partial charge on any atom is -0.478 e. The summed E-state index contributed by atoms with van der Waals surface area (Å²) in [6.07, 6.45) is 4.58. The molecule has 0 aliphatic heterocycles. The molecule has 1 rings (SSSR count). The first-order valence-electron chi connectivity index (χ1n) is 8.45. The second kappa shape index (κ2) is 9.64. The van der Waals surface area contributed by atoms with E-state index in [-0.39, 0.29) is 16.5 Å². The lowest BCUT2D eigenvalue weighted by atomic mass is 10.1. The fourth-order valence-corrected chi connectivity index (χ4v) is 3.53. The molecule has 0 radical (unpaired) electrons. The molecule has 0 spiro atoms. The van der Waals surface area contributed by atoms with Crippen LogP contribution in [0.1, 0.15) is 63.2 Å².